The molecule has 1 nitrogen and oxygen atoms in total. The molecule has 1 fully saturated rings. The number of hydrogen-bond acceptors (Lipinski definition) is 1. The zero-order valence-electron chi connectivity index (χ0n) is 8.36. The lowest BCUT2D eigenvalue weighted by Gasteiger charge is -2.20. The highest BCUT2D eigenvalue weighted by atomic mass is 79.9. The zero-order chi connectivity index (χ0) is 11.2. The van der Waals surface area contributed by atoms with E-state index in [2.05, 4.69) is 15.9 Å². The molecule has 0 aliphatic heterocycles. The minimum Gasteiger partial charge on any atom is -0.327 e. The van der Waals surface area contributed by atoms with E-state index in [-0.39, 0.29) is 22.3 Å². The Morgan fingerprint density at radius 1 is 1.53 bits per heavy atom. The average molecular weight is 293 g/mol. The third-order valence-corrected chi connectivity index (χ3v) is 4.46. The molecule has 0 spiro atoms. The van der Waals surface area contributed by atoms with Gasteiger partial charge in [-0.1, -0.05) is 11.6 Å². The summed E-state index contributed by atoms with van der Waals surface area (Å²) in [7, 11) is 0. The molecule has 1 unspecified atom stereocenters. The number of halogens is 3. The largest absolute Gasteiger partial charge is 0.327 e. The Balaban J connectivity index is 2.47. The normalized spacial score (nSPS) is 20.1. The zero-order valence-corrected chi connectivity index (χ0v) is 10.7. The Hall–Kier alpha value is -0.120. The van der Waals surface area contributed by atoms with Gasteiger partial charge < -0.3 is 5.73 Å². The molecule has 4 heteroatoms. The molecule has 0 radical (unpaired) electrons. The van der Waals surface area contributed by atoms with Crippen LogP contribution in [0.5, 0.6) is 0 Å². The van der Waals surface area contributed by atoms with Crippen LogP contribution in [0, 0.1) is 5.82 Å². The van der Waals surface area contributed by atoms with Crippen LogP contribution in [-0.2, 0) is 5.41 Å². The van der Waals surface area contributed by atoms with E-state index < -0.39 is 0 Å². The first-order chi connectivity index (χ1) is 6.97. The highest BCUT2D eigenvalue weighted by molar-refractivity contribution is 9.10. The lowest BCUT2D eigenvalue weighted by Crippen LogP contribution is -2.31. The van der Waals surface area contributed by atoms with Crippen molar-refractivity contribution in [1.29, 1.82) is 0 Å². The maximum atomic E-state index is 13.5. The lowest BCUT2D eigenvalue weighted by molar-refractivity contribution is 0.548. The van der Waals surface area contributed by atoms with Crippen LogP contribution in [0.15, 0.2) is 16.6 Å². The van der Waals surface area contributed by atoms with Crippen LogP contribution in [0.3, 0.4) is 0 Å². The van der Waals surface area contributed by atoms with Crippen molar-refractivity contribution in [1.82, 2.24) is 0 Å². The van der Waals surface area contributed by atoms with Crippen LogP contribution >= 0.6 is 27.5 Å². The van der Waals surface area contributed by atoms with E-state index in [4.69, 9.17) is 17.3 Å². The van der Waals surface area contributed by atoms with Crippen molar-refractivity contribution in [2.45, 2.75) is 31.2 Å². The molecule has 15 heavy (non-hydrogen) atoms. The summed E-state index contributed by atoms with van der Waals surface area (Å²) in [4.78, 5) is 0. The Kier molecular flexibility index (Phi) is 2.82. The molecule has 0 bridgehead atoms. The van der Waals surface area contributed by atoms with Crippen molar-refractivity contribution in [3.05, 3.63) is 33.0 Å². The van der Waals surface area contributed by atoms with Gasteiger partial charge in [0.05, 0.1) is 5.02 Å². The predicted octanol–water partition coefficient (Wildman–Crippen LogP) is 3.62. The fraction of sp³-hybridized carbons (Fsp3) is 0.455. The van der Waals surface area contributed by atoms with Gasteiger partial charge in [-0.15, -0.1) is 0 Å². The molecule has 2 rings (SSSR count). The molecule has 1 aromatic rings. The molecule has 1 aromatic carbocycles. The van der Waals surface area contributed by atoms with Crippen LogP contribution in [0.25, 0.3) is 0 Å². The smallest absolute Gasteiger partial charge is 0.143 e. The molecule has 0 amide bonds. The summed E-state index contributed by atoms with van der Waals surface area (Å²) in [5.41, 5.74) is 6.85. The number of nitrogens with two attached hydrogens (primary N) is 1. The highest BCUT2D eigenvalue weighted by Crippen LogP contribution is 2.51. The third kappa shape index (κ3) is 1.81. The van der Waals surface area contributed by atoms with E-state index >= 15 is 0 Å². The van der Waals surface area contributed by atoms with E-state index in [1.165, 1.54) is 6.07 Å². The molecular formula is C11H12BrClFN. The van der Waals surface area contributed by atoms with E-state index in [0.29, 0.717) is 4.47 Å². The summed E-state index contributed by atoms with van der Waals surface area (Å²) in [6.45, 7) is 1.97. The van der Waals surface area contributed by atoms with Crippen molar-refractivity contribution >= 4 is 27.5 Å². The Labute approximate surface area is 102 Å². The third-order valence-electron chi connectivity index (χ3n) is 3.22. The molecule has 1 aliphatic rings. The molecule has 0 aromatic heterocycles. The second-order valence-electron chi connectivity index (χ2n) is 4.20. The quantitative estimate of drug-likeness (QED) is 0.828. The monoisotopic (exact) mass is 291 g/mol. The number of hydrogen-bond donors (Lipinski definition) is 1. The molecule has 82 valence electrons. The standard InChI is InChI=1S/C11H12BrClFN/c1-6(15)11(2-3-11)7-4-8(12)10(13)9(14)5-7/h4-6H,2-3,15H2,1H3. The molecule has 0 heterocycles. The van der Waals surface area contributed by atoms with Crippen LogP contribution in [0.1, 0.15) is 25.3 Å². The van der Waals surface area contributed by atoms with Gasteiger partial charge in [0.1, 0.15) is 5.82 Å². The minimum atomic E-state index is -0.382. The maximum Gasteiger partial charge on any atom is 0.143 e. The SMILES string of the molecule is CC(N)C1(c2cc(F)c(Cl)c(Br)c2)CC1. The Bertz CT molecular complexity index is 379. The van der Waals surface area contributed by atoms with Crippen LogP contribution < -0.4 is 5.73 Å². The number of rotatable bonds is 2. The lowest BCUT2D eigenvalue weighted by atomic mass is 9.89. The summed E-state index contributed by atoms with van der Waals surface area (Å²) < 4.78 is 14.1. The molecule has 1 atom stereocenters. The first-order valence-corrected chi connectivity index (χ1v) is 6.05. The highest BCUT2D eigenvalue weighted by Gasteiger charge is 2.47. The predicted molar refractivity (Wildman–Crippen MR) is 63.7 cm³/mol. The van der Waals surface area contributed by atoms with Gasteiger partial charge in [-0.2, -0.15) is 0 Å². The van der Waals surface area contributed by atoms with Crippen molar-refractivity contribution in [2.24, 2.45) is 5.73 Å². The minimum absolute atomic E-state index is 0.0338. The molecule has 2 N–H and O–H groups in total. The van der Waals surface area contributed by atoms with Gasteiger partial charge >= 0.3 is 0 Å². The maximum absolute atomic E-state index is 13.5. The second-order valence-corrected chi connectivity index (χ2v) is 5.43. The van der Waals surface area contributed by atoms with E-state index in [0.717, 1.165) is 18.4 Å². The first-order valence-electron chi connectivity index (χ1n) is 4.88. The average Bonchev–Trinajstić information content (AvgIpc) is 2.93. The van der Waals surface area contributed by atoms with Gasteiger partial charge in [0.2, 0.25) is 0 Å². The topological polar surface area (TPSA) is 26.0 Å². The fourth-order valence-electron chi connectivity index (χ4n) is 1.98. The van der Waals surface area contributed by atoms with Crippen molar-refractivity contribution in [3.63, 3.8) is 0 Å². The second kappa shape index (κ2) is 3.72. The van der Waals surface area contributed by atoms with Gasteiger partial charge in [-0.3, -0.25) is 0 Å². The molecule has 1 saturated carbocycles. The molecular weight excluding hydrogens is 280 g/mol. The summed E-state index contributed by atoms with van der Waals surface area (Å²) in [5, 5.41) is 0.138. The van der Waals surface area contributed by atoms with E-state index in [1.54, 1.807) is 0 Å². The van der Waals surface area contributed by atoms with Gasteiger partial charge in [-0.05, 0) is 53.4 Å². The summed E-state index contributed by atoms with van der Waals surface area (Å²) in [6.07, 6.45) is 2.05. The fourth-order valence-corrected chi connectivity index (χ4v) is 2.53. The van der Waals surface area contributed by atoms with Gasteiger partial charge in [-0.25, -0.2) is 4.39 Å². The van der Waals surface area contributed by atoms with E-state index in [9.17, 15) is 4.39 Å². The van der Waals surface area contributed by atoms with Crippen LogP contribution in [0.2, 0.25) is 5.02 Å². The van der Waals surface area contributed by atoms with Gasteiger partial charge in [0, 0.05) is 15.9 Å². The first kappa shape index (κ1) is 11.4. The Morgan fingerprint density at radius 2 is 2.13 bits per heavy atom. The summed E-state index contributed by atoms with van der Waals surface area (Å²) >= 11 is 9.00. The number of benzene rings is 1. The van der Waals surface area contributed by atoms with Crippen molar-refractivity contribution < 1.29 is 4.39 Å². The molecule has 0 saturated heterocycles. The van der Waals surface area contributed by atoms with Crippen LogP contribution in [-0.4, -0.2) is 6.04 Å². The van der Waals surface area contributed by atoms with E-state index in [1.807, 2.05) is 13.0 Å². The van der Waals surface area contributed by atoms with Crippen LogP contribution in [0.4, 0.5) is 4.39 Å². The van der Waals surface area contributed by atoms with Gasteiger partial charge in [0.25, 0.3) is 0 Å². The van der Waals surface area contributed by atoms with Gasteiger partial charge in [0.15, 0.2) is 0 Å². The van der Waals surface area contributed by atoms with Crippen molar-refractivity contribution in [2.75, 3.05) is 0 Å². The molecule has 1 aliphatic carbocycles. The van der Waals surface area contributed by atoms with Crippen molar-refractivity contribution in [3.8, 4) is 0 Å². The summed E-state index contributed by atoms with van der Waals surface area (Å²) in [6, 6.07) is 3.43. The summed E-state index contributed by atoms with van der Waals surface area (Å²) in [5.74, 6) is -0.382. The Morgan fingerprint density at radius 3 is 2.53 bits per heavy atom.